The second-order valence-corrected chi connectivity index (χ2v) is 4.76. The molecule has 4 heteroatoms. The highest BCUT2D eigenvalue weighted by Crippen LogP contribution is 2.25. The Labute approximate surface area is 117 Å². The van der Waals surface area contributed by atoms with Crippen molar-refractivity contribution in [3.63, 3.8) is 0 Å². The number of para-hydroxylation sites is 1. The van der Waals surface area contributed by atoms with E-state index in [4.69, 9.17) is 0 Å². The molecule has 0 heterocycles. The number of aliphatic carboxylic acids is 1. The van der Waals surface area contributed by atoms with Gasteiger partial charge < -0.3 is 10.4 Å². The standard InChI is InChI=1S/C16H16FNO2/c1-10-7-8-13(17)12(9-10)15(16(19)20)18-14-6-4-3-5-11(14)2/h3-9,15,18H,1-2H3,(H,19,20). The van der Waals surface area contributed by atoms with E-state index in [1.807, 2.05) is 19.1 Å². The molecule has 0 spiro atoms. The third-order valence-corrected chi connectivity index (χ3v) is 3.15. The SMILES string of the molecule is Cc1ccc(F)c(C(Nc2ccccc2C)C(=O)O)c1. The molecule has 2 aromatic carbocycles. The maximum Gasteiger partial charge on any atom is 0.330 e. The van der Waals surface area contributed by atoms with Gasteiger partial charge in [0.15, 0.2) is 6.04 Å². The number of rotatable bonds is 4. The quantitative estimate of drug-likeness (QED) is 0.893. The Morgan fingerprint density at radius 3 is 2.55 bits per heavy atom. The van der Waals surface area contributed by atoms with Gasteiger partial charge in [0.2, 0.25) is 0 Å². The monoisotopic (exact) mass is 273 g/mol. The molecule has 2 rings (SSSR count). The number of carboxylic acids is 1. The second kappa shape index (κ2) is 5.74. The maximum atomic E-state index is 13.9. The molecule has 0 saturated heterocycles. The van der Waals surface area contributed by atoms with Crippen LogP contribution in [0.25, 0.3) is 0 Å². The Morgan fingerprint density at radius 2 is 1.90 bits per heavy atom. The average molecular weight is 273 g/mol. The molecule has 0 fully saturated rings. The van der Waals surface area contributed by atoms with E-state index in [1.165, 1.54) is 6.07 Å². The Balaban J connectivity index is 2.40. The van der Waals surface area contributed by atoms with E-state index in [1.54, 1.807) is 31.2 Å². The number of hydrogen-bond acceptors (Lipinski definition) is 2. The average Bonchev–Trinajstić information content (AvgIpc) is 2.40. The van der Waals surface area contributed by atoms with Gasteiger partial charge in [-0.2, -0.15) is 0 Å². The molecule has 0 saturated carbocycles. The molecular formula is C16H16FNO2. The van der Waals surface area contributed by atoms with Crippen LogP contribution < -0.4 is 5.32 Å². The van der Waals surface area contributed by atoms with E-state index >= 15 is 0 Å². The molecule has 104 valence electrons. The van der Waals surface area contributed by atoms with Crippen LogP contribution in [0.2, 0.25) is 0 Å². The van der Waals surface area contributed by atoms with Crippen molar-refractivity contribution < 1.29 is 14.3 Å². The van der Waals surface area contributed by atoms with E-state index in [2.05, 4.69) is 5.32 Å². The molecule has 2 N–H and O–H groups in total. The third kappa shape index (κ3) is 2.96. The van der Waals surface area contributed by atoms with Gasteiger partial charge in [-0.25, -0.2) is 9.18 Å². The van der Waals surface area contributed by atoms with Gasteiger partial charge in [0, 0.05) is 11.3 Å². The lowest BCUT2D eigenvalue weighted by Crippen LogP contribution is -2.22. The van der Waals surface area contributed by atoms with Crippen LogP contribution in [0.1, 0.15) is 22.7 Å². The van der Waals surface area contributed by atoms with Crippen molar-refractivity contribution in [2.45, 2.75) is 19.9 Å². The highest BCUT2D eigenvalue weighted by Gasteiger charge is 2.23. The lowest BCUT2D eigenvalue weighted by molar-refractivity contribution is -0.138. The van der Waals surface area contributed by atoms with Gasteiger partial charge in [-0.1, -0.05) is 35.9 Å². The smallest absolute Gasteiger partial charge is 0.330 e. The molecular weight excluding hydrogens is 257 g/mol. The second-order valence-electron chi connectivity index (χ2n) is 4.76. The maximum absolute atomic E-state index is 13.9. The summed E-state index contributed by atoms with van der Waals surface area (Å²) in [5.41, 5.74) is 2.55. The molecule has 20 heavy (non-hydrogen) atoms. The number of anilines is 1. The normalized spacial score (nSPS) is 11.9. The number of aryl methyl sites for hydroxylation is 2. The minimum atomic E-state index is -1.11. The highest BCUT2D eigenvalue weighted by atomic mass is 19.1. The number of halogens is 1. The van der Waals surface area contributed by atoms with Gasteiger partial charge >= 0.3 is 5.97 Å². The van der Waals surface area contributed by atoms with Crippen LogP contribution in [0.3, 0.4) is 0 Å². The van der Waals surface area contributed by atoms with Gasteiger partial charge in [-0.15, -0.1) is 0 Å². The Kier molecular flexibility index (Phi) is 4.03. The molecule has 0 aromatic heterocycles. The van der Waals surface area contributed by atoms with Crippen molar-refractivity contribution in [3.05, 3.63) is 65.0 Å². The summed E-state index contributed by atoms with van der Waals surface area (Å²) < 4.78 is 13.9. The van der Waals surface area contributed by atoms with Crippen molar-refractivity contribution in [1.82, 2.24) is 0 Å². The first-order valence-electron chi connectivity index (χ1n) is 6.30. The molecule has 0 radical (unpaired) electrons. The fourth-order valence-corrected chi connectivity index (χ4v) is 2.05. The van der Waals surface area contributed by atoms with Crippen LogP contribution in [-0.4, -0.2) is 11.1 Å². The largest absolute Gasteiger partial charge is 0.479 e. The number of hydrogen-bond donors (Lipinski definition) is 2. The van der Waals surface area contributed by atoms with Crippen molar-refractivity contribution in [2.24, 2.45) is 0 Å². The molecule has 1 atom stereocenters. The lowest BCUT2D eigenvalue weighted by atomic mass is 10.0. The van der Waals surface area contributed by atoms with Crippen LogP contribution in [0.15, 0.2) is 42.5 Å². The van der Waals surface area contributed by atoms with Gasteiger partial charge in [-0.3, -0.25) is 0 Å². The van der Waals surface area contributed by atoms with Crippen molar-refractivity contribution in [1.29, 1.82) is 0 Å². The minimum Gasteiger partial charge on any atom is -0.479 e. The van der Waals surface area contributed by atoms with Crippen LogP contribution in [0.5, 0.6) is 0 Å². The lowest BCUT2D eigenvalue weighted by Gasteiger charge is -2.18. The summed E-state index contributed by atoms with van der Waals surface area (Å²) in [7, 11) is 0. The Bertz CT molecular complexity index is 640. The number of benzene rings is 2. The fraction of sp³-hybridized carbons (Fsp3) is 0.188. The van der Waals surface area contributed by atoms with Gasteiger partial charge in [0.1, 0.15) is 5.82 Å². The van der Waals surface area contributed by atoms with Crippen molar-refractivity contribution in [3.8, 4) is 0 Å². The number of nitrogens with one attached hydrogen (secondary N) is 1. The Morgan fingerprint density at radius 1 is 1.20 bits per heavy atom. The van der Waals surface area contributed by atoms with Crippen LogP contribution in [-0.2, 0) is 4.79 Å². The van der Waals surface area contributed by atoms with Gasteiger partial charge in [-0.05, 0) is 31.5 Å². The minimum absolute atomic E-state index is 0.140. The highest BCUT2D eigenvalue weighted by molar-refractivity contribution is 5.79. The molecule has 0 bridgehead atoms. The van der Waals surface area contributed by atoms with Gasteiger partial charge in [0.05, 0.1) is 0 Å². The van der Waals surface area contributed by atoms with Crippen LogP contribution >= 0.6 is 0 Å². The molecule has 2 aromatic rings. The molecule has 0 aliphatic carbocycles. The zero-order chi connectivity index (χ0) is 14.7. The van der Waals surface area contributed by atoms with Crippen molar-refractivity contribution in [2.75, 3.05) is 5.32 Å². The summed E-state index contributed by atoms with van der Waals surface area (Å²) in [6, 6.07) is 10.7. The van der Waals surface area contributed by atoms with Gasteiger partial charge in [0.25, 0.3) is 0 Å². The van der Waals surface area contributed by atoms with E-state index in [0.717, 1.165) is 11.1 Å². The molecule has 1 unspecified atom stereocenters. The van der Waals surface area contributed by atoms with E-state index < -0.39 is 17.8 Å². The predicted molar refractivity (Wildman–Crippen MR) is 76.3 cm³/mol. The topological polar surface area (TPSA) is 49.3 Å². The summed E-state index contributed by atoms with van der Waals surface area (Å²) in [5, 5.41) is 12.3. The van der Waals surface area contributed by atoms with Crippen LogP contribution in [0, 0.1) is 19.7 Å². The van der Waals surface area contributed by atoms with E-state index in [0.29, 0.717) is 5.69 Å². The molecule has 3 nitrogen and oxygen atoms in total. The van der Waals surface area contributed by atoms with E-state index in [-0.39, 0.29) is 5.56 Å². The molecule has 0 amide bonds. The fourth-order valence-electron chi connectivity index (χ4n) is 2.05. The zero-order valence-corrected chi connectivity index (χ0v) is 11.4. The van der Waals surface area contributed by atoms with Crippen molar-refractivity contribution >= 4 is 11.7 Å². The molecule has 0 aliphatic heterocycles. The number of carboxylic acid groups (broad SMARTS) is 1. The summed E-state index contributed by atoms with van der Waals surface area (Å²) in [6.45, 7) is 3.67. The summed E-state index contributed by atoms with van der Waals surface area (Å²) in [5.74, 6) is -1.64. The first-order chi connectivity index (χ1) is 9.49. The summed E-state index contributed by atoms with van der Waals surface area (Å²) in [4.78, 5) is 11.4. The number of carbonyl (C=O) groups is 1. The Hall–Kier alpha value is -2.36. The third-order valence-electron chi connectivity index (χ3n) is 3.15. The summed E-state index contributed by atoms with van der Waals surface area (Å²) in [6.07, 6.45) is 0. The van der Waals surface area contributed by atoms with E-state index in [9.17, 15) is 14.3 Å². The summed E-state index contributed by atoms with van der Waals surface area (Å²) >= 11 is 0. The first kappa shape index (κ1) is 14.1. The predicted octanol–water partition coefficient (Wildman–Crippen LogP) is 3.68. The van der Waals surface area contributed by atoms with Crippen LogP contribution in [0.4, 0.5) is 10.1 Å². The molecule has 0 aliphatic rings. The zero-order valence-electron chi connectivity index (χ0n) is 11.4. The first-order valence-corrected chi connectivity index (χ1v) is 6.30.